The van der Waals surface area contributed by atoms with Crippen molar-refractivity contribution in [1.29, 1.82) is 0 Å². The van der Waals surface area contributed by atoms with Crippen LogP contribution in [0.5, 0.6) is 0 Å². The van der Waals surface area contributed by atoms with Gasteiger partial charge < -0.3 is 4.90 Å². The number of hydrogen-bond acceptors (Lipinski definition) is 3. The van der Waals surface area contributed by atoms with E-state index in [2.05, 4.69) is 4.72 Å². The first-order valence-corrected chi connectivity index (χ1v) is 9.31. The summed E-state index contributed by atoms with van der Waals surface area (Å²) in [4.78, 5) is 14.0. The Morgan fingerprint density at radius 3 is 2.41 bits per heavy atom. The summed E-state index contributed by atoms with van der Waals surface area (Å²) >= 11 is 11.6. The quantitative estimate of drug-likeness (QED) is 0.892. The van der Waals surface area contributed by atoms with Crippen molar-refractivity contribution in [2.24, 2.45) is 0 Å². The van der Waals surface area contributed by atoms with Gasteiger partial charge in [-0.2, -0.15) is 4.72 Å². The SMILES string of the molecule is C[C@H](NS(=O)(=O)c1ccc(Cl)c(Cl)c1)C(=O)N1CCCCC1. The van der Waals surface area contributed by atoms with Crippen LogP contribution in [0.4, 0.5) is 0 Å². The van der Waals surface area contributed by atoms with Crippen LogP contribution in [0, 0.1) is 0 Å². The maximum atomic E-state index is 12.3. The molecule has 1 amide bonds. The van der Waals surface area contributed by atoms with Crippen LogP contribution < -0.4 is 4.72 Å². The molecule has 0 radical (unpaired) electrons. The van der Waals surface area contributed by atoms with E-state index < -0.39 is 16.1 Å². The molecule has 1 saturated heterocycles. The van der Waals surface area contributed by atoms with Crippen LogP contribution in [-0.2, 0) is 14.8 Å². The van der Waals surface area contributed by atoms with Gasteiger partial charge in [-0.15, -0.1) is 0 Å². The number of carbonyl (C=O) groups excluding carboxylic acids is 1. The molecule has 1 N–H and O–H groups in total. The van der Waals surface area contributed by atoms with E-state index in [4.69, 9.17) is 23.2 Å². The van der Waals surface area contributed by atoms with Crippen molar-refractivity contribution in [1.82, 2.24) is 9.62 Å². The third-order valence-corrected chi connectivity index (χ3v) is 5.85. The summed E-state index contributed by atoms with van der Waals surface area (Å²) in [5, 5.41) is 0.428. The Hall–Kier alpha value is -0.820. The summed E-state index contributed by atoms with van der Waals surface area (Å²) in [7, 11) is -3.82. The number of rotatable bonds is 4. The average Bonchev–Trinajstić information content (AvgIpc) is 2.49. The molecule has 1 atom stereocenters. The van der Waals surface area contributed by atoms with Crippen LogP contribution in [0.25, 0.3) is 0 Å². The second-order valence-electron chi connectivity index (χ2n) is 5.30. The molecule has 1 fully saturated rings. The molecule has 1 aromatic carbocycles. The molecule has 1 heterocycles. The van der Waals surface area contributed by atoms with Gasteiger partial charge in [-0.25, -0.2) is 8.42 Å². The van der Waals surface area contributed by atoms with E-state index in [0.29, 0.717) is 13.1 Å². The van der Waals surface area contributed by atoms with Gasteiger partial charge in [-0.3, -0.25) is 4.79 Å². The minimum Gasteiger partial charge on any atom is -0.341 e. The number of hydrogen-bond donors (Lipinski definition) is 1. The van der Waals surface area contributed by atoms with Gasteiger partial charge >= 0.3 is 0 Å². The smallest absolute Gasteiger partial charge is 0.241 e. The Kier molecular flexibility index (Phi) is 5.71. The number of piperidine rings is 1. The third-order valence-electron chi connectivity index (χ3n) is 3.57. The summed E-state index contributed by atoms with van der Waals surface area (Å²) in [5.41, 5.74) is 0. The molecule has 1 aliphatic heterocycles. The highest BCUT2D eigenvalue weighted by Gasteiger charge is 2.26. The van der Waals surface area contributed by atoms with Crippen molar-refractivity contribution in [3.05, 3.63) is 28.2 Å². The number of nitrogens with one attached hydrogen (secondary N) is 1. The number of benzene rings is 1. The van der Waals surface area contributed by atoms with E-state index in [9.17, 15) is 13.2 Å². The number of amides is 1. The van der Waals surface area contributed by atoms with Gasteiger partial charge in [0.25, 0.3) is 0 Å². The monoisotopic (exact) mass is 364 g/mol. The van der Waals surface area contributed by atoms with Gasteiger partial charge in [0.1, 0.15) is 0 Å². The molecule has 0 aliphatic carbocycles. The maximum Gasteiger partial charge on any atom is 0.241 e. The zero-order valence-electron chi connectivity index (χ0n) is 12.2. The average molecular weight is 365 g/mol. The molecule has 2 rings (SSSR count). The molecule has 122 valence electrons. The van der Waals surface area contributed by atoms with Crippen LogP contribution in [-0.4, -0.2) is 38.4 Å². The van der Waals surface area contributed by atoms with Crippen molar-refractivity contribution in [2.45, 2.75) is 37.1 Å². The summed E-state index contributed by atoms with van der Waals surface area (Å²) < 4.78 is 27.0. The van der Waals surface area contributed by atoms with E-state index in [-0.39, 0.29) is 20.8 Å². The Morgan fingerprint density at radius 1 is 1.18 bits per heavy atom. The van der Waals surface area contributed by atoms with Crippen molar-refractivity contribution in [2.75, 3.05) is 13.1 Å². The number of halogens is 2. The van der Waals surface area contributed by atoms with Gasteiger partial charge in [0.2, 0.25) is 15.9 Å². The lowest BCUT2D eigenvalue weighted by Gasteiger charge is -2.29. The van der Waals surface area contributed by atoms with Crippen LogP contribution in [0.1, 0.15) is 26.2 Å². The normalized spacial score (nSPS) is 17.3. The van der Waals surface area contributed by atoms with E-state index in [0.717, 1.165) is 19.3 Å². The molecule has 5 nitrogen and oxygen atoms in total. The predicted molar refractivity (Wildman–Crippen MR) is 86.7 cm³/mol. The third kappa shape index (κ3) is 4.13. The second kappa shape index (κ2) is 7.17. The number of nitrogens with zero attached hydrogens (tertiary/aromatic N) is 1. The molecule has 8 heteroatoms. The van der Waals surface area contributed by atoms with E-state index in [1.54, 1.807) is 11.8 Å². The first kappa shape index (κ1) is 17.5. The van der Waals surface area contributed by atoms with Crippen molar-refractivity contribution in [3.8, 4) is 0 Å². The van der Waals surface area contributed by atoms with Gasteiger partial charge in [0.05, 0.1) is 21.0 Å². The Balaban J connectivity index is 2.10. The minimum absolute atomic E-state index is 0.0137. The first-order valence-electron chi connectivity index (χ1n) is 7.07. The largest absolute Gasteiger partial charge is 0.341 e. The van der Waals surface area contributed by atoms with Crippen LogP contribution in [0.15, 0.2) is 23.1 Å². The lowest BCUT2D eigenvalue weighted by atomic mass is 10.1. The topological polar surface area (TPSA) is 66.5 Å². The van der Waals surface area contributed by atoms with Crippen LogP contribution in [0.2, 0.25) is 10.0 Å². The number of likely N-dealkylation sites (tertiary alicyclic amines) is 1. The molecular weight excluding hydrogens is 347 g/mol. The highest BCUT2D eigenvalue weighted by atomic mass is 35.5. The van der Waals surface area contributed by atoms with Gasteiger partial charge in [-0.05, 0) is 44.4 Å². The van der Waals surface area contributed by atoms with Crippen molar-refractivity contribution < 1.29 is 13.2 Å². The standard InChI is InChI=1S/C14H18Cl2N2O3S/c1-10(14(19)18-7-3-2-4-8-18)17-22(20,21)11-5-6-12(15)13(16)9-11/h5-6,9-10,17H,2-4,7-8H2,1H3/t10-/m0/s1. The van der Waals surface area contributed by atoms with Gasteiger partial charge in [0.15, 0.2) is 0 Å². The molecule has 0 saturated carbocycles. The fourth-order valence-electron chi connectivity index (χ4n) is 2.38. The predicted octanol–water partition coefficient (Wildman–Crippen LogP) is 2.67. The van der Waals surface area contributed by atoms with E-state index in [1.165, 1.54) is 18.2 Å². The first-order chi connectivity index (χ1) is 10.3. The summed E-state index contributed by atoms with van der Waals surface area (Å²) in [6, 6.07) is 3.21. The molecule has 22 heavy (non-hydrogen) atoms. The van der Waals surface area contributed by atoms with Crippen molar-refractivity contribution >= 4 is 39.1 Å². The summed E-state index contributed by atoms with van der Waals surface area (Å²) in [6.45, 7) is 2.90. The minimum atomic E-state index is -3.82. The highest BCUT2D eigenvalue weighted by molar-refractivity contribution is 7.89. The fraction of sp³-hybridized carbons (Fsp3) is 0.500. The van der Waals surface area contributed by atoms with Gasteiger partial charge in [0, 0.05) is 13.1 Å². The number of sulfonamides is 1. The molecule has 0 aromatic heterocycles. The molecule has 0 bridgehead atoms. The molecule has 0 spiro atoms. The Bertz CT molecular complexity index is 658. The second-order valence-corrected chi connectivity index (χ2v) is 7.83. The lowest BCUT2D eigenvalue weighted by molar-refractivity contribution is -0.133. The van der Waals surface area contributed by atoms with Crippen LogP contribution >= 0.6 is 23.2 Å². The summed E-state index contributed by atoms with van der Waals surface area (Å²) in [6.07, 6.45) is 3.02. The Morgan fingerprint density at radius 2 is 1.82 bits per heavy atom. The van der Waals surface area contributed by atoms with Gasteiger partial charge in [-0.1, -0.05) is 23.2 Å². The fourth-order valence-corrected chi connectivity index (χ4v) is 3.97. The molecule has 1 aromatic rings. The van der Waals surface area contributed by atoms with Crippen molar-refractivity contribution in [3.63, 3.8) is 0 Å². The molecular formula is C14H18Cl2N2O3S. The zero-order valence-corrected chi connectivity index (χ0v) is 14.5. The van der Waals surface area contributed by atoms with E-state index in [1.807, 2.05) is 0 Å². The molecule has 1 aliphatic rings. The number of carbonyl (C=O) groups is 1. The van der Waals surface area contributed by atoms with E-state index >= 15 is 0 Å². The maximum absolute atomic E-state index is 12.3. The van der Waals surface area contributed by atoms with Crippen LogP contribution in [0.3, 0.4) is 0 Å². The Labute approximate surface area is 140 Å². The lowest BCUT2D eigenvalue weighted by Crippen LogP contribution is -2.48. The zero-order chi connectivity index (χ0) is 16.3. The highest BCUT2D eigenvalue weighted by Crippen LogP contribution is 2.25. The summed E-state index contributed by atoms with van der Waals surface area (Å²) in [5.74, 6) is -0.205. The molecule has 0 unspecified atom stereocenters.